The van der Waals surface area contributed by atoms with E-state index >= 15 is 0 Å². The highest BCUT2D eigenvalue weighted by Crippen LogP contribution is 2.50. The third-order valence-corrected chi connectivity index (χ3v) is 7.81. The second-order valence-corrected chi connectivity index (χ2v) is 11.0. The van der Waals surface area contributed by atoms with Gasteiger partial charge in [0.05, 0.1) is 17.1 Å². The van der Waals surface area contributed by atoms with E-state index in [2.05, 4.69) is 26.8 Å². The number of benzene rings is 3. The lowest BCUT2D eigenvalue weighted by Crippen LogP contribution is -2.48. The summed E-state index contributed by atoms with van der Waals surface area (Å²) in [5.41, 5.74) is 3.63. The standard InChI is InChI=1S/C29H26BrF6N5O2/c1-39(2)20-14-13-16(15-19(20)30)21(22-24(28(31,32)33)37-40(26(22)42)17-9-5-3-6-10-17)23-25(29(34,35)36)38-41(27(23)43)18-11-7-4-8-12-18/h3-15,21,24-25,37-38,42-43H,1-2H3/t24-,25-/m0/s1. The summed E-state index contributed by atoms with van der Waals surface area (Å²) in [5, 5.41) is 24.4. The molecular weight excluding hydrogens is 644 g/mol. The molecule has 3 aromatic rings. The zero-order valence-electron chi connectivity index (χ0n) is 22.6. The van der Waals surface area contributed by atoms with Crippen molar-refractivity contribution in [2.75, 3.05) is 29.0 Å². The fourth-order valence-corrected chi connectivity index (χ4v) is 6.02. The second-order valence-electron chi connectivity index (χ2n) is 10.1. The summed E-state index contributed by atoms with van der Waals surface area (Å²) in [5.74, 6) is -3.77. The average Bonchev–Trinajstić information content (AvgIpc) is 3.47. The van der Waals surface area contributed by atoms with Crippen LogP contribution in [0.1, 0.15) is 11.5 Å². The Morgan fingerprint density at radius 2 is 1.14 bits per heavy atom. The topological polar surface area (TPSA) is 74.2 Å². The molecule has 2 aliphatic heterocycles. The zero-order chi connectivity index (χ0) is 31.3. The van der Waals surface area contributed by atoms with Crippen LogP contribution in [0, 0.1) is 0 Å². The van der Waals surface area contributed by atoms with Crippen LogP contribution in [0.3, 0.4) is 0 Å². The molecule has 7 nitrogen and oxygen atoms in total. The van der Waals surface area contributed by atoms with Gasteiger partial charge in [0.25, 0.3) is 0 Å². The van der Waals surface area contributed by atoms with Crippen molar-refractivity contribution in [2.45, 2.75) is 30.4 Å². The van der Waals surface area contributed by atoms with Gasteiger partial charge >= 0.3 is 12.4 Å². The van der Waals surface area contributed by atoms with Crippen molar-refractivity contribution in [1.29, 1.82) is 0 Å². The molecule has 2 heterocycles. The van der Waals surface area contributed by atoms with Crippen molar-refractivity contribution >= 4 is 33.0 Å². The monoisotopic (exact) mass is 669 g/mol. The lowest BCUT2D eigenvalue weighted by Gasteiger charge is -2.29. The lowest BCUT2D eigenvalue weighted by molar-refractivity contribution is -0.148. The number of anilines is 3. The molecule has 3 aromatic carbocycles. The molecule has 2 atom stereocenters. The number of rotatable bonds is 6. The number of aliphatic hydroxyl groups excluding tert-OH is 2. The highest BCUT2D eigenvalue weighted by molar-refractivity contribution is 9.10. The molecule has 4 N–H and O–H groups in total. The predicted molar refractivity (Wildman–Crippen MR) is 154 cm³/mol. The van der Waals surface area contributed by atoms with E-state index in [9.17, 15) is 36.6 Å². The van der Waals surface area contributed by atoms with Crippen LogP contribution in [0.2, 0.25) is 0 Å². The van der Waals surface area contributed by atoms with Gasteiger partial charge < -0.3 is 15.1 Å². The Hall–Kier alpha value is -3.88. The van der Waals surface area contributed by atoms with E-state index in [0.717, 1.165) is 10.0 Å². The summed E-state index contributed by atoms with van der Waals surface area (Å²) < 4.78 is 88.4. The van der Waals surface area contributed by atoms with Crippen LogP contribution in [-0.2, 0) is 0 Å². The van der Waals surface area contributed by atoms with Gasteiger partial charge in [0.1, 0.15) is 12.1 Å². The Morgan fingerprint density at radius 3 is 1.49 bits per heavy atom. The minimum atomic E-state index is -5.05. The van der Waals surface area contributed by atoms with Gasteiger partial charge in [-0.05, 0) is 57.9 Å². The largest absolute Gasteiger partial charge is 0.493 e. The SMILES string of the molecule is CN(C)c1ccc(C(C2=C(O)N(c3ccccc3)N[C@@H]2C(F)(F)F)C2=C(O)N(c3ccccc3)N[C@@H]2C(F)(F)F)cc1Br. The summed E-state index contributed by atoms with van der Waals surface area (Å²) in [6.45, 7) is 0. The maximum Gasteiger partial charge on any atom is 0.409 e. The maximum atomic E-state index is 14.7. The predicted octanol–water partition coefficient (Wildman–Crippen LogP) is 7.05. The number of aliphatic hydroxyl groups is 2. The van der Waals surface area contributed by atoms with E-state index in [4.69, 9.17) is 0 Å². The molecule has 0 unspecified atom stereocenters. The van der Waals surface area contributed by atoms with E-state index in [1.807, 2.05) is 0 Å². The van der Waals surface area contributed by atoms with Gasteiger partial charge in [-0.1, -0.05) is 42.5 Å². The van der Waals surface area contributed by atoms with Gasteiger partial charge in [-0.15, -0.1) is 0 Å². The Kier molecular flexibility index (Phi) is 8.05. The van der Waals surface area contributed by atoms with Crippen LogP contribution >= 0.6 is 15.9 Å². The van der Waals surface area contributed by atoms with Crippen LogP contribution in [0.15, 0.2) is 106 Å². The zero-order valence-corrected chi connectivity index (χ0v) is 24.2. The van der Waals surface area contributed by atoms with Crippen molar-refractivity contribution in [3.63, 3.8) is 0 Å². The number of hydrogen-bond donors (Lipinski definition) is 4. The maximum absolute atomic E-state index is 14.7. The fraction of sp³-hybridized carbons (Fsp3) is 0.241. The van der Waals surface area contributed by atoms with Crippen LogP contribution in [-0.4, -0.2) is 48.7 Å². The summed E-state index contributed by atoms with van der Waals surface area (Å²) >= 11 is 3.37. The van der Waals surface area contributed by atoms with Gasteiger partial charge in [0.2, 0.25) is 11.8 Å². The quantitative estimate of drug-likeness (QED) is 0.210. The van der Waals surface area contributed by atoms with Crippen molar-refractivity contribution < 1.29 is 36.6 Å². The molecule has 0 saturated heterocycles. The Morgan fingerprint density at radius 1 is 0.721 bits per heavy atom. The number of hydrazine groups is 2. The van der Waals surface area contributed by atoms with Gasteiger partial charge in [0, 0.05) is 35.6 Å². The summed E-state index contributed by atoms with van der Waals surface area (Å²) in [7, 11) is 3.44. The van der Waals surface area contributed by atoms with E-state index in [1.54, 1.807) is 31.1 Å². The highest BCUT2D eigenvalue weighted by Gasteiger charge is 2.57. The molecule has 0 aromatic heterocycles. The number of halogens is 7. The Bertz CT molecular complexity index is 1460. The molecule has 0 amide bonds. The first-order chi connectivity index (χ1) is 20.2. The third-order valence-electron chi connectivity index (χ3n) is 7.17. The van der Waals surface area contributed by atoms with Gasteiger partial charge in [-0.2, -0.15) is 26.3 Å². The van der Waals surface area contributed by atoms with E-state index in [0.29, 0.717) is 10.2 Å². The molecule has 0 bridgehead atoms. The molecule has 0 aliphatic carbocycles. The van der Waals surface area contributed by atoms with Gasteiger partial charge in [-0.25, -0.2) is 20.9 Å². The number of para-hydroxylation sites is 2. The third kappa shape index (κ3) is 5.74. The van der Waals surface area contributed by atoms with E-state index in [-0.39, 0.29) is 16.9 Å². The first kappa shape index (κ1) is 30.6. The average molecular weight is 670 g/mol. The first-order valence-electron chi connectivity index (χ1n) is 12.9. The minimum absolute atomic E-state index is 0.0301. The summed E-state index contributed by atoms with van der Waals surface area (Å²) in [6.07, 6.45) is -10.1. The number of nitrogens with zero attached hydrogens (tertiary/aromatic N) is 3. The fourth-order valence-electron chi connectivity index (χ4n) is 5.27. The smallest absolute Gasteiger partial charge is 0.409 e. The van der Waals surface area contributed by atoms with Crippen LogP contribution in [0.25, 0.3) is 0 Å². The van der Waals surface area contributed by atoms with Crippen molar-refractivity contribution in [2.24, 2.45) is 0 Å². The molecule has 2 aliphatic rings. The summed E-state index contributed by atoms with van der Waals surface area (Å²) in [4.78, 5) is 1.70. The molecular formula is C29H26BrF6N5O2. The highest BCUT2D eigenvalue weighted by atomic mass is 79.9. The Labute approximate surface area is 251 Å². The van der Waals surface area contributed by atoms with Gasteiger partial charge in [0.15, 0.2) is 0 Å². The normalized spacial score (nSPS) is 19.7. The van der Waals surface area contributed by atoms with E-state index < -0.39 is 53.3 Å². The number of hydrogen-bond acceptors (Lipinski definition) is 7. The first-order valence-corrected chi connectivity index (χ1v) is 13.7. The van der Waals surface area contributed by atoms with Crippen LogP contribution < -0.4 is 25.8 Å². The molecule has 0 saturated carbocycles. The molecule has 14 heteroatoms. The lowest BCUT2D eigenvalue weighted by atomic mass is 9.79. The molecule has 0 radical (unpaired) electrons. The molecule has 0 spiro atoms. The number of nitrogens with one attached hydrogen (secondary N) is 2. The van der Waals surface area contributed by atoms with Gasteiger partial charge in [-0.3, -0.25) is 0 Å². The van der Waals surface area contributed by atoms with E-state index in [1.165, 1.54) is 66.7 Å². The summed E-state index contributed by atoms with van der Waals surface area (Å²) in [6, 6.07) is 14.2. The molecule has 0 fully saturated rings. The number of alkyl halides is 6. The van der Waals surface area contributed by atoms with Crippen molar-refractivity contribution in [1.82, 2.24) is 10.9 Å². The van der Waals surface area contributed by atoms with Crippen LogP contribution in [0.4, 0.5) is 43.4 Å². The molecule has 43 heavy (non-hydrogen) atoms. The second kappa shape index (κ2) is 11.3. The molecule has 228 valence electrons. The molecule has 5 rings (SSSR count). The van der Waals surface area contributed by atoms with Crippen molar-refractivity contribution in [3.8, 4) is 0 Å². The van der Waals surface area contributed by atoms with Crippen molar-refractivity contribution in [3.05, 3.63) is 112 Å². The Balaban J connectivity index is 1.81. The van der Waals surface area contributed by atoms with Crippen LogP contribution in [0.5, 0.6) is 0 Å². The minimum Gasteiger partial charge on any atom is -0.493 e.